The van der Waals surface area contributed by atoms with Gasteiger partial charge >= 0.3 is 5.97 Å². The van der Waals surface area contributed by atoms with E-state index in [-0.39, 0.29) is 42.3 Å². The first-order valence-corrected chi connectivity index (χ1v) is 12.3. The number of piperidine rings is 1. The summed E-state index contributed by atoms with van der Waals surface area (Å²) in [5.41, 5.74) is 0. The molecule has 0 saturated carbocycles. The average Bonchev–Trinajstić information content (AvgIpc) is 2.84. The van der Waals surface area contributed by atoms with Crippen molar-refractivity contribution in [2.75, 3.05) is 39.5 Å². The van der Waals surface area contributed by atoms with Crippen molar-refractivity contribution >= 4 is 16.0 Å². The first-order chi connectivity index (χ1) is 15.9. The minimum atomic E-state index is -3.69. The van der Waals surface area contributed by atoms with Crippen molar-refractivity contribution < 1.29 is 36.6 Å². The van der Waals surface area contributed by atoms with E-state index in [1.807, 2.05) is 0 Å². The maximum atomic E-state index is 13.0. The van der Waals surface area contributed by atoms with Crippen LogP contribution in [0.3, 0.4) is 0 Å². The van der Waals surface area contributed by atoms with E-state index < -0.39 is 10.0 Å². The van der Waals surface area contributed by atoms with Gasteiger partial charge in [0, 0.05) is 25.6 Å². The minimum Gasteiger partial charge on any atom is -0.493 e. The number of rotatable bonds is 8. The number of nitrogens with zero attached hydrogens (tertiary/aromatic N) is 1. The molecule has 0 amide bonds. The third kappa shape index (κ3) is 5.75. The number of sulfonamides is 1. The molecule has 0 unspecified atom stereocenters. The zero-order chi connectivity index (χ0) is 23.3. The van der Waals surface area contributed by atoms with E-state index in [1.165, 1.54) is 40.7 Å². The fourth-order valence-electron chi connectivity index (χ4n) is 3.74. The zero-order valence-electron chi connectivity index (χ0n) is 18.1. The molecule has 2 aromatic carbocycles. The van der Waals surface area contributed by atoms with Gasteiger partial charge < -0.3 is 18.9 Å². The Morgan fingerprint density at radius 3 is 2.42 bits per heavy atom. The van der Waals surface area contributed by atoms with Crippen LogP contribution >= 0.6 is 0 Å². The van der Waals surface area contributed by atoms with E-state index in [0.717, 1.165) is 0 Å². The second kappa shape index (κ2) is 10.4. The number of hydrogen-bond donors (Lipinski definition) is 0. The average molecular weight is 480 g/mol. The summed E-state index contributed by atoms with van der Waals surface area (Å²) < 4.78 is 62.0. The maximum Gasteiger partial charge on any atom is 0.309 e. The highest BCUT2D eigenvalue weighted by molar-refractivity contribution is 7.89. The molecule has 2 aliphatic rings. The molecule has 0 N–H and O–H groups in total. The van der Waals surface area contributed by atoms with Gasteiger partial charge in [-0.1, -0.05) is 0 Å². The standard InChI is InChI=1S/C23H26FNO7S/c24-18-2-4-19(5-3-18)29-12-1-13-32-23(26)17-8-10-25(11-9-17)33(27,28)20-6-7-21-22(16-20)31-15-14-30-21/h2-7,16-17H,1,8-15H2. The number of hydrogen-bond acceptors (Lipinski definition) is 7. The first-order valence-electron chi connectivity index (χ1n) is 10.9. The van der Waals surface area contributed by atoms with Crippen molar-refractivity contribution in [1.29, 1.82) is 0 Å². The molecule has 8 nitrogen and oxygen atoms in total. The van der Waals surface area contributed by atoms with E-state index >= 15 is 0 Å². The molecule has 0 spiro atoms. The van der Waals surface area contributed by atoms with Crippen LogP contribution < -0.4 is 14.2 Å². The lowest BCUT2D eigenvalue weighted by atomic mass is 9.98. The predicted molar refractivity (Wildman–Crippen MR) is 116 cm³/mol. The molecular weight excluding hydrogens is 453 g/mol. The number of carbonyl (C=O) groups excluding carboxylic acids is 1. The molecule has 0 radical (unpaired) electrons. The second-order valence-electron chi connectivity index (χ2n) is 7.81. The summed E-state index contributed by atoms with van der Waals surface area (Å²) in [6.07, 6.45) is 1.30. The van der Waals surface area contributed by atoms with Gasteiger partial charge in [-0.2, -0.15) is 4.31 Å². The normalized spacial score (nSPS) is 16.9. The summed E-state index contributed by atoms with van der Waals surface area (Å²) in [5.74, 6) is 0.507. The lowest BCUT2D eigenvalue weighted by Crippen LogP contribution is -2.40. The molecule has 33 heavy (non-hydrogen) atoms. The van der Waals surface area contributed by atoms with Gasteiger partial charge in [0.25, 0.3) is 0 Å². The molecule has 2 aliphatic heterocycles. The molecule has 0 atom stereocenters. The zero-order valence-corrected chi connectivity index (χ0v) is 18.9. The molecular formula is C23H26FNO7S. The van der Waals surface area contributed by atoms with Gasteiger partial charge in [-0.05, 0) is 49.2 Å². The second-order valence-corrected chi connectivity index (χ2v) is 9.75. The van der Waals surface area contributed by atoms with Gasteiger partial charge in [-0.25, -0.2) is 12.8 Å². The van der Waals surface area contributed by atoms with Crippen LogP contribution in [0.25, 0.3) is 0 Å². The van der Waals surface area contributed by atoms with Gasteiger partial charge in [-0.15, -0.1) is 0 Å². The Kier molecular flexibility index (Phi) is 7.34. The van der Waals surface area contributed by atoms with Crippen molar-refractivity contribution in [1.82, 2.24) is 4.31 Å². The number of carbonyl (C=O) groups is 1. The monoisotopic (exact) mass is 479 g/mol. The molecule has 1 fully saturated rings. The SMILES string of the molecule is O=C(OCCCOc1ccc(F)cc1)C1CCN(S(=O)(=O)c2ccc3c(c2)OCCO3)CC1. The quantitative estimate of drug-likeness (QED) is 0.425. The largest absolute Gasteiger partial charge is 0.493 e. The Morgan fingerprint density at radius 2 is 1.70 bits per heavy atom. The van der Waals surface area contributed by atoms with Crippen LogP contribution in [-0.4, -0.2) is 58.2 Å². The Hall–Kier alpha value is -2.85. The molecule has 2 aromatic rings. The number of fused-ring (bicyclic) bond motifs is 1. The Morgan fingerprint density at radius 1 is 1.00 bits per heavy atom. The highest BCUT2D eigenvalue weighted by Crippen LogP contribution is 2.34. The Balaban J connectivity index is 1.21. The number of halogens is 1. The van der Waals surface area contributed by atoms with Crippen LogP contribution in [0.15, 0.2) is 47.4 Å². The van der Waals surface area contributed by atoms with Gasteiger partial charge in [-0.3, -0.25) is 4.79 Å². The molecule has 178 valence electrons. The molecule has 0 aromatic heterocycles. The molecule has 0 aliphatic carbocycles. The third-order valence-corrected chi connectivity index (χ3v) is 7.45. The molecule has 2 heterocycles. The lowest BCUT2D eigenvalue weighted by Gasteiger charge is -2.30. The smallest absolute Gasteiger partial charge is 0.309 e. The summed E-state index contributed by atoms with van der Waals surface area (Å²) in [7, 11) is -3.69. The van der Waals surface area contributed by atoms with Crippen LogP contribution in [-0.2, 0) is 19.6 Å². The predicted octanol–water partition coefficient (Wildman–Crippen LogP) is 3.01. The third-order valence-electron chi connectivity index (χ3n) is 5.55. The Bertz CT molecular complexity index is 1070. The van der Waals surface area contributed by atoms with Gasteiger partial charge in [0.05, 0.1) is 24.0 Å². The van der Waals surface area contributed by atoms with Crippen LogP contribution in [0.4, 0.5) is 4.39 Å². The van der Waals surface area contributed by atoms with E-state index in [0.29, 0.717) is 56.3 Å². The van der Waals surface area contributed by atoms with E-state index in [4.69, 9.17) is 18.9 Å². The summed E-state index contributed by atoms with van der Waals surface area (Å²) in [6, 6.07) is 10.3. The molecule has 10 heteroatoms. The summed E-state index contributed by atoms with van der Waals surface area (Å²) in [6.45, 7) is 1.83. The molecule has 4 rings (SSSR count). The van der Waals surface area contributed by atoms with Gasteiger partial charge in [0.1, 0.15) is 24.8 Å². The highest BCUT2D eigenvalue weighted by atomic mass is 32.2. The van der Waals surface area contributed by atoms with Crippen LogP contribution in [0.2, 0.25) is 0 Å². The van der Waals surface area contributed by atoms with E-state index in [9.17, 15) is 17.6 Å². The van der Waals surface area contributed by atoms with Gasteiger partial charge in [0.15, 0.2) is 11.5 Å². The number of ether oxygens (including phenoxy) is 4. The van der Waals surface area contributed by atoms with E-state index in [2.05, 4.69) is 0 Å². The van der Waals surface area contributed by atoms with Crippen molar-refractivity contribution in [3.8, 4) is 17.2 Å². The van der Waals surface area contributed by atoms with Crippen LogP contribution in [0.1, 0.15) is 19.3 Å². The summed E-state index contributed by atoms with van der Waals surface area (Å²) in [5, 5.41) is 0. The molecule has 0 bridgehead atoms. The van der Waals surface area contributed by atoms with Gasteiger partial charge in [0.2, 0.25) is 10.0 Å². The van der Waals surface area contributed by atoms with Crippen molar-refractivity contribution in [2.45, 2.75) is 24.2 Å². The number of esters is 1. The number of benzene rings is 2. The summed E-state index contributed by atoms with van der Waals surface area (Å²) >= 11 is 0. The first kappa shape index (κ1) is 23.3. The fraction of sp³-hybridized carbons (Fsp3) is 0.435. The summed E-state index contributed by atoms with van der Waals surface area (Å²) in [4.78, 5) is 12.5. The lowest BCUT2D eigenvalue weighted by molar-refractivity contribution is -0.150. The van der Waals surface area contributed by atoms with Crippen molar-refractivity contribution in [2.24, 2.45) is 5.92 Å². The molecule has 1 saturated heterocycles. The maximum absolute atomic E-state index is 13.0. The topological polar surface area (TPSA) is 91.4 Å². The van der Waals surface area contributed by atoms with Crippen LogP contribution in [0.5, 0.6) is 17.2 Å². The Labute approximate surface area is 192 Å². The van der Waals surface area contributed by atoms with Crippen molar-refractivity contribution in [3.63, 3.8) is 0 Å². The highest BCUT2D eigenvalue weighted by Gasteiger charge is 2.33. The van der Waals surface area contributed by atoms with E-state index in [1.54, 1.807) is 6.07 Å². The van der Waals surface area contributed by atoms with Crippen molar-refractivity contribution in [3.05, 3.63) is 48.3 Å². The minimum absolute atomic E-state index is 0.147. The fourth-order valence-corrected chi connectivity index (χ4v) is 5.22. The van der Waals surface area contributed by atoms with Crippen LogP contribution in [0, 0.1) is 11.7 Å².